The van der Waals surface area contributed by atoms with E-state index in [2.05, 4.69) is 15.0 Å². The second-order valence-corrected chi connectivity index (χ2v) is 9.27. The summed E-state index contributed by atoms with van der Waals surface area (Å²) in [5.74, 6) is -0.0350. The zero-order chi connectivity index (χ0) is 23.5. The third kappa shape index (κ3) is 3.41. The lowest BCUT2D eigenvalue weighted by Gasteiger charge is -2.40. The molecule has 0 saturated heterocycles. The number of H-pyrrole nitrogens is 1. The predicted molar refractivity (Wildman–Crippen MR) is 122 cm³/mol. The molecule has 0 unspecified atom stereocenters. The molecule has 0 atom stereocenters. The molecular formula is C24H20ClF3N6. The van der Waals surface area contributed by atoms with Crippen molar-refractivity contribution in [1.29, 1.82) is 0 Å². The molecule has 6 rings (SSSR count). The van der Waals surface area contributed by atoms with Crippen molar-refractivity contribution in [2.24, 2.45) is 0 Å². The largest absolute Gasteiger partial charge is 0.451 e. The van der Waals surface area contributed by atoms with Gasteiger partial charge in [-0.2, -0.15) is 13.2 Å². The van der Waals surface area contributed by atoms with Crippen LogP contribution in [0.25, 0.3) is 11.0 Å². The summed E-state index contributed by atoms with van der Waals surface area (Å²) < 4.78 is 39.4. The van der Waals surface area contributed by atoms with E-state index in [9.17, 15) is 13.2 Å². The molecular weight excluding hydrogens is 465 g/mol. The highest BCUT2D eigenvalue weighted by Gasteiger charge is 2.45. The molecule has 4 heterocycles. The van der Waals surface area contributed by atoms with Gasteiger partial charge in [0.05, 0.1) is 33.5 Å². The van der Waals surface area contributed by atoms with Gasteiger partial charge in [-0.25, -0.2) is 15.0 Å². The van der Waals surface area contributed by atoms with E-state index in [1.807, 2.05) is 30.3 Å². The van der Waals surface area contributed by atoms with Crippen molar-refractivity contribution >= 4 is 34.1 Å². The number of pyridine rings is 1. The van der Waals surface area contributed by atoms with Gasteiger partial charge in [0, 0.05) is 17.8 Å². The highest BCUT2D eigenvalue weighted by Crippen LogP contribution is 2.48. The third-order valence-electron chi connectivity index (χ3n) is 6.80. The summed E-state index contributed by atoms with van der Waals surface area (Å²) in [6.07, 6.45) is 1.01. The number of nitrogens with one attached hydrogen (secondary N) is 1. The van der Waals surface area contributed by atoms with E-state index in [1.54, 1.807) is 4.90 Å². The number of benzene rings is 1. The van der Waals surface area contributed by atoms with E-state index in [1.165, 1.54) is 6.07 Å². The summed E-state index contributed by atoms with van der Waals surface area (Å²) in [6, 6.07) is 11.0. The molecule has 0 amide bonds. The number of nitrogens with zero attached hydrogens (tertiary/aromatic N) is 5. The number of halogens is 4. The highest BCUT2D eigenvalue weighted by atomic mass is 35.5. The van der Waals surface area contributed by atoms with Crippen LogP contribution in [0.4, 0.5) is 24.7 Å². The number of hydrogen-bond donors (Lipinski definition) is 1. The number of alkyl halides is 3. The Morgan fingerprint density at radius 1 is 1.00 bits per heavy atom. The lowest BCUT2D eigenvalue weighted by atomic mass is 9.65. The van der Waals surface area contributed by atoms with Gasteiger partial charge in [0.25, 0.3) is 0 Å². The van der Waals surface area contributed by atoms with Crippen molar-refractivity contribution in [3.63, 3.8) is 0 Å². The Labute approximate surface area is 198 Å². The summed E-state index contributed by atoms with van der Waals surface area (Å²) in [5.41, 5.74) is 4.03. The van der Waals surface area contributed by atoms with Gasteiger partial charge in [0.1, 0.15) is 11.6 Å². The first-order valence-corrected chi connectivity index (χ1v) is 11.6. The van der Waals surface area contributed by atoms with Crippen LogP contribution in [0.5, 0.6) is 0 Å². The van der Waals surface area contributed by atoms with Crippen LogP contribution in [-0.2, 0) is 18.0 Å². The maximum atomic E-state index is 13.1. The molecule has 3 aromatic heterocycles. The van der Waals surface area contributed by atoms with Crippen LogP contribution < -0.4 is 4.90 Å². The van der Waals surface area contributed by atoms with Crippen molar-refractivity contribution in [3.8, 4) is 0 Å². The van der Waals surface area contributed by atoms with Gasteiger partial charge in [0.15, 0.2) is 0 Å². The fourth-order valence-electron chi connectivity index (χ4n) is 4.94. The molecule has 1 aliphatic carbocycles. The Hall–Kier alpha value is -3.20. The smallest absolute Gasteiger partial charge is 0.341 e. The van der Waals surface area contributed by atoms with Crippen LogP contribution in [0.1, 0.15) is 48.7 Å². The van der Waals surface area contributed by atoms with Crippen LogP contribution in [0.2, 0.25) is 5.02 Å². The third-order valence-corrected chi connectivity index (χ3v) is 7.04. The standard InChI is InChI=1S/C24H20ClF3N6/c25-14-4-5-15-17(13-14)32-21(31-15)23(9-2-10-23)19-7-6-18-16(30-19)3-1-12-34(18)20-8-11-29-22(33-20)24(26,27)28/h4-8,11,13H,1-3,9-10,12H2,(H,31,32). The van der Waals surface area contributed by atoms with E-state index in [4.69, 9.17) is 21.6 Å². The normalized spacial score (nSPS) is 17.5. The zero-order valence-electron chi connectivity index (χ0n) is 18.0. The molecule has 6 nitrogen and oxygen atoms in total. The number of hydrogen-bond acceptors (Lipinski definition) is 5. The van der Waals surface area contributed by atoms with E-state index in [-0.39, 0.29) is 11.2 Å². The number of fused-ring (bicyclic) bond motifs is 2. The van der Waals surface area contributed by atoms with Gasteiger partial charge >= 0.3 is 6.18 Å². The molecule has 1 saturated carbocycles. The highest BCUT2D eigenvalue weighted by molar-refractivity contribution is 6.31. The number of aromatic amines is 1. The minimum atomic E-state index is -4.59. The second kappa shape index (κ2) is 7.66. The predicted octanol–water partition coefficient (Wildman–Crippen LogP) is 5.97. The number of imidazole rings is 1. The molecule has 0 spiro atoms. The quantitative estimate of drug-likeness (QED) is 0.387. The molecule has 10 heteroatoms. The zero-order valence-corrected chi connectivity index (χ0v) is 18.8. The molecule has 0 bridgehead atoms. The molecule has 4 aromatic rings. The summed E-state index contributed by atoms with van der Waals surface area (Å²) in [4.78, 5) is 22.3. The first kappa shape index (κ1) is 21.3. The maximum Gasteiger partial charge on any atom is 0.451 e. The maximum absolute atomic E-state index is 13.1. The number of aryl methyl sites for hydroxylation is 1. The molecule has 1 fully saturated rings. The fourth-order valence-corrected chi connectivity index (χ4v) is 5.11. The van der Waals surface area contributed by atoms with Crippen LogP contribution >= 0.6 is 11.6 Å². The molecule has 1 aromatic carbocycles. The van der Waals surface area contributed by atoms with E-state index in [0.717, 1.165) is 72.2 Å². The van der Waals surface area contributed by atoms with Crippen LogP contribution in [0.15, 0.2) is 42.6 Å². The molecule has 34 heavy (non-hydrogen) atoms. The monoisotopic (exact) mass is 484 g/mol. The van der Waals surface area contributed by atoms with E-state index in [0.29, 0.717) is 11.6 Å². The Morgan fingerprint density at radius 3 is 2.62 bits per heavy atom. The summed E-state index contributed by atoms with van der Waals surface area (Å²) >= 11 is 6.15. The van der Waals surface area contributed by atoms with Crippen molar-refractivity contribution in [2.75, 3.05) is 11.4 Å². The minimum absolute atomic E-state index is 0.227. The molecule has 174 valence electrons. The Morgan fingerprint density at radius 2 is 1.85 bits per heavy atom. The molecule has 1 N–H and O–H groups in total. The van der Waals surface area contributed by atoms with Crippen molar-refractivity contribution in [2.45, 2.75) is 43.7 Å². The van der Waals surface area contributed by atoms with Gasteiger partial charge in [0.2, 0.25) is 5.82 Å². The fraction of sp³-hybridized carbons (Fsp3) is 0.333. The van der Waals surface area contributed by atoms with Gasteiger partial charge in [-0.3, -0.25) is 4.98 Å². The Balaban J connectivity index is 1.39. The summed E-state index contributed by atoms with van der Waals surface area (Å²) in [7, 11) is 0. The number of aromatic nitrogens is 5. The number of anilines is 2. The Bertz CT molecular complexity index is 1400. The first-order chi connectivity index (χ1) is 16.3. The van der Waals surface area contributed by atoms with Gasteiger partial charge in [-0.05, 0) is 62.1 Å². The minimum Gasteiger partial charge on any atom is -0.341 e. The van der Waals surface area contributed by atoms with Crippen molar-refractivity contribution in [3.05, 3.63) is 70.7 Å². The molecule has 2 aliphatic rings. The van der Waals surface area contributed by atoms with Crippen LogP contribution in [-0.4, -0.2) is 31.5 Å². The van der Waals surface area contributed by atoms with Crippen LogP contribution in [0, 0.1) is 0 Å². The van der Waals surface area contributed by atoms with Gasteiger partial charge < -0.3 is 9.88 Å². The lowest BCUT2D eigenvalue weighted by molar-refractivity contribution is -0.144. The summed E-state index contributed by atoms with van der Waals surface area (Å²) in [5, 5.41) is 0.649. The second-order valence-electron chi connectivity index (χ2n) is 8.84. The topological polar surface area (TPSA) is 70.6 Å². The van der Waals surface area contributed by atoms with Crippen molar-refractivity contribution < 1.29 is 13.2 Å². The average Bonchev–Trinajstić information content (AvgIpc) is 3.20. The Kier molecular flexibility index (Phi) is 4.81. The number of rotatable bonds is 3. The molecule has 1 aliphatic heterocycles. The first-order valence-electron chi connectivity index (χ1n) is 11.2. The van der Waals surface area contributed by atoms with E-state index >= 15 is 0 Å². The lowest BCUT2D eigenvalue weighted by Crippen LogP contribution is -2.38. The summed E-state index contributed by atoms with van der Waals surface area (Å²) in [6.45, 7) is 0.567. The SMILES string of the molecule is FC(F)(F)c1nccc(N2CCCc3nc(C4(c5nc6ccc(Cl)cc6[nH]5)CCC4)ccc32)n1. The van der Waals surface area contributed by atoms with Gasteiger partial charge in [-0.1, -0.05) is 18.0 Å². The van der Waals surface area contributed by atoms with Crippen LogP contribution in [0.3, 0.4) is 0 Å². The van der Waals surface area contributed by atoms with E-state index < -0.39 is 12.0 Å². The van der Waals surface area contributed by atoms with Gasteiger partial charge in [-0.15, -0.1) is 0 Å². The molecule has 0 radical (unpaired) electrons. The average molecular weight is 485 g/mol. The van der Waals surface area contributed by atoms with Crippen molar-refractivity contribution in [1.82, 2.24) is 24.9 Å².